The van der Waals surface area contributed by atoms with Gasteiger partial charge in [0.25, 0.3) is 0 Å². The number of ether oxygens (including phenoxy) is 1. The fourth-order valence-corrected chi connectivity index (χ4v) is 3.50. The van der Waals surface area contributed by atoms with E-state index in [0.29, 0.717) is 18.8 Å². The topological polar surface area (TPSA) is 26.3 Å². The lowest BCUT2D eigenvalue weighted by Crippen LogP contribution is -2.06. The van der Waals surface area contributed by atoms with Gasteiger partial charge in [0.2, 0.25) is 0 Å². The minimum Gasteiger partial charge on any atom is -0.465 e. The van der Waals surface area contributed by atoms with Gasteiger partial charge >= 0.3 is 5.97 Å². The molecule has 0 unspecified atom stereocenters. The first-order valence-electron chi connectivity index (χ1n) is 11.7. The van der Waals surface area contributed by atoms with Crippen LogP contribution in [-0.4, -0.2) is 18.3 Å². The van der Waals surface area contributed by atoms with Gasteiger partial charge in [-0.25, -0.2) is 0 Å². The molecule has 3 heteroatoms. The van der Waals surface area contributed by atoms with Crippen LogP contribution in [0.1, 0.15) is 122 Å². The van der Waals surface area contributed by atoms with Crippen LogP contribution in [0, 0.1) is 0 Å². The van der Waals surface area contributed by atoms with Gasteiger partial charge in [0.05, 0.1) is 0 Å². The number of thiol groups is 1. The molecule has 0 amide bonds. The molecule has 0 aromatic heterocycles. The Bertz CT molecular complexity index is 328. The molecule has 27 heavy (non-hydrogen) atoms. The molecule has 0 aromatic carbocycles. The van der Waals surface area contributed by atoms with Crippen molar-refractivity contribution in [3.05, 3.63) is 12.2 Å². The average molecular weight is 399 g/mol. The zero-order chi connectivity index (χ0) is 19.8. The lowest BCUT2D eigenvalue weighted by atomic mass is 10.0. The van der Waals surface area contributed by atoms with Gasteiger partial charge in [-0.15, -0.1) is 0 Å². The van der Waals surface area contributed by atoms with Crippen molar-refractivity contribution < 1.29 is 9.53 Å². The third kappa shape index (κ3) is 23.5. The highest BCUT2D eigenvalue weighted by Gasteiger charge is 2.01. The second kappa shape index (κ2) is 23.6. The monoisotopic (exact) mass is 398 g/mol. The standard InChI is InChI=1S/C24H46O2S/c1-2-3-4-5-6-7-8-9-10-11-12-13-14-15-16-17-18-19-20-21-24(25)26-22-23-27/h2-3,27H,4-23H2,1H3/b3-2+. The summed E-state index contributed by atoms with van der Waals surface area (Å²) in [6.07, 6.45) is 27.9. The predicted octanol–water partition coefficient (Wildman–Crippen LogP) is 8.06. The van der Waals surface area contributed by atoms with Crippen LogP contribution in [0.2, 0.25) is 0 Å². The maximum absolute atomic E-state index is 11.3. The highest BCUT2D eigenvalue weighted by Crippen LogP contribution is 2.14. The van der Waals surface area contributed by atoms with E-state index in [9.17, 15) is 4.79 Å². The molecule has 0 bridgehead atoms. The molecule has 0 radical (unpaired) electrons. The maximum Gasteiger partial charge on any atom is 0.305 e. The van der Waals surface area contributed by atoms with Gasteiger partial charge in [0.1, 0.15) is 6.61 Å². The number of rotatable bonds is 21. The summed E-state index contributed by atoms with van der Waals surface area (Å²) in [4.78, 5) is 11.3. The molecule has 0 spiro atoms. The Morgan fingerprint density at radius 2 is 1.11 bits per heavy atom. The molecule has 0 aromatic rings. The van der Waals surface area contributed by atoms with Crippen molar-refractivity contribution in [1.29, 1.82) is 0 Å². The lowest BCUT2D eigenvalue weighted by molar-refractivity contribution is -0.143. The summed E-state index contributed by atoms with van der Waals surface area (Å²) >= 11 is 4.03. The normalized spacial score (nSPS) is 11.3. The van der Waals surface area contributed by atoms with Crippen molar-refractivity contribution in [2.75, 3.05) is 12.4 Å². The van der Waals surface area contributed by atoms with Crippen LogP contribution in [0.5, 0.6) is 0 Å². The smallest absolute Gasteiger partial charge is 0.305 e. The molecule has 0 saturated heterocycles. The molecule has 0 heterocycles. The molecule has 0 rings (SSSR count). The summed E-state index contributed by atoms with van der Waals surface area (Å²) in [7, 11) is 0. The summed E-state index contributed by atoms with van der Waals surface area (Å²) in [5.74, 6) is 0.553. The van der Waals surface area contributed by atoms with Crippen molar-refractivity contribution in [2.45, 2.75) is 122 Å². The van der Waals surface area contributed by atoms with Crippen LogP contribution < -0.4 is 0 Å². The molecule has 0 aliphatic rings. The van der Waals surface area contributed by atoms with E-state index < -0.39 is 0 Å². The summed E-state index contributed by atoms with van der Waals surface area (Å²) in [6.45, 7) is 2.55. The predicted molar refractivity (Wildman–Crippen MR) is 123 cm³/mol. The molecular formula is C24H46O2S. The average Bonchev–Trinajstić information content (AvgIpc) is 2.68. The number of carbonyl (C=O) groups excluding carboxylic acids is 1. The minimum atomic E-state index is -0.0616. The molecule has 0 fully saturated rings. The third-order valence-corrected chi connectivity index (χ3v) is 5.27. The Morgan fingerprint density at radius 3 is 1.52 bits per heavy atom. The SMILES string of the molecule is C/C=C/CCCCCCCCCCCCCCCCCCC(=O)OCCS. The Hall–Kier alpha value is -0.440. The molecule has 0 atom stereocenters. The molecule has 0 N–H and O–H groups in total. The van der Waals surface area contributed by atoms with Gasteiger partial charge < -0.3 is 4.74 Å². The van der Waals surface area contributed by atoms with Crippen molar-refractivity contribution in [2.24, 2.45) is 0 Å². The largest absolute Gasteiger partial charge is 0.465 e. The van der Waals surface area contributed by atoms with E-state index in [2.05, 4.69) is 31.7 Å². The molecule has 0 saturated carbocycles. The number of esters is 1. The van der Waals surface area contributed by atoms with E-state index in [1.54, 1.807) is 0 Å². The Kier molecular flexibility index (Phi) is 23.2. The molecule has 0 aliphatic heterocycles. The van der Waals surface area contributed by atoms with Gasteiger partial charge in [-0.05, 0) is 26.2 Å². The van der Waals surface area contributed by atoms with Crippen molar-refractivity contribution >= 4 is 18.6 Å². The Morgan fingerprint density at radius 1 is 0.704 bits per heavy atom. The van der Waals surface area contributed by atoms with E-state index in [4.69, 9.17) is 4.74 Å². The summed E-state index contributed by atoms with van der Waals surface area (Å²) in [6, 6.07) is 0. The summed E-state index contributed by atoms with van der Waals surface area (Å²) in [5, 5.41) is 0. The van der Waals surface area contributed by atoms with Crippen LogP contribution in [0.25, 0.3) is 0 Å². The van der Waals surface area contributed by atoms with E-state index >= 15 is 0 Å². The number of unbranched alkanes of at least 4 members (excludes halogenated alkanes) is 16. The first-order valence-corrected chi connectivity index (χ1v) is 12.3. The van der Waals surface area contributed by atoms with E-state index in [0.717, 1.165) is 12.8 Å². The fourth-order valence-electron chi connectivity index (χ4n) is 3.40. The van der Waals surface area contributed by atoms with Crippen LogP contribution in [0.4, 0.5) is 0 Å². The quantitative estimate of drug-likeness (QED) is 0.0915. The zero-order valence-electron chi connectivity index (χ0n) is 18.1. The number of allylic oxidation sites excluding steroid dienone is 2. The highest BCUT2D eigenvalue weighted by atomic mass is 32.1. The second-order valence-corrected chi connectivity index (χ2v) is 8.16. The minimum absolute atomic E-state index is 0.0616. The zero-order valence-corrected chi connectivity index (χ0v) is 19.0. The third-order valence-electron chi connectivity index (χ3n) is 5.09. The van der Waals surface area contributed by atoms with Gasteiger partial charge in [-0.2, -0.15) is 12.6 Å². The molecular weight excluding hydrogens is 352 g/mol. The maximum atomic E-state index is 11.3. The second-order valence-electron chi connectivity index (χ2n) is 7.71. The van der Waals surface area contributed by atoms with Crippen molar-refractivity contribution in [3.63, 3.8) is 0 Å². The number of hydrogen-bond acceptors (Lipinski definition) is 3. The summed E-state index contributed by atoms with van der Waals surface area (Å²) < 4.78 is 5.01. The summed E-state index contributed by atoms with van der Waals surface area (Å²) in [5.41, 5.74) is 0. The van der Waals surface area contributed by atoms with Gasteiger partial charge in [0.15, 0.2) is 0 Å². The van der Waals surface area contributed by atoms with Crippen LogP contribution in [0.3, 0.4) is 0 Å². The first-order chi connectivity index (χ1) is 13.3. The van der Waals surface area contributed by atoms with Gasteiger partial charge in [0, 0.05) is 12.2 Å². The van der Waals surface area contributed by atoms with Gasteiger partial charge in [-0.1, -0.05) is 102 Å². The number of hydrogen-bond donors (Lipinski definition) is 1. The van der Waals surface area contributed by atoms with Crippen molar-refractivity contribution in [3.8, 4) is 0 Å². The van der Waals surface area contributed by atoms with Crippen LogP contribution in [0.15, 0.2) is 12.2 Å². The number of carbonyl (C=O) groups is 1. The molecule has 2 nitrogen and oxygen atoms in total. The van der Waals surface area contributed by atoms with E-state index in [1.807, 2.05) is 0 Å². The molecule has 0 aliphatic carbocycles. The van der Waals surface area contributed by atoms with E-state index in [1.165, 1.54) is 96.3 Å². The van der Waals surface area contributed by atoms with Gasteiger partial charge in [-0.3, -0.25) is 4.79 Å². The highest BCUT2D eigenvalue weighted by molar-refractivity contribution is 7.80. The fraction of sp³-hybridized carbons (Fsp3) is 0.875. The van der Waals surface area contributed by atoms with Crippen molar-refractivity contribution in [1.82, 2.24) is 0 Å². The first kappa shape index (κ1) is 26.6. The molecule has 160 valence electrons. The Labute approximate surface area is 175 Å². The van der Waals surface area contributed by atoms with Crippen LogP contribution in [-0.2, 0) is 9.53 Å². The van der Waals surface area contributed by atoms with E-state index in [-0.39, 0.29) is 5.97 Å². The van der Waals surface area contributed by atoms with Crippen LogP contribution >= 0.6 is 12.6 Å². The Balaban J connectivity index is 3.06. The lowest BCUT2D eigenvalue weighted by Gasteiger charge is -2.04.